The molecule has 26 heavy (non-hydrogen) atoms. The van der Waals surface area contributed by atoms with E-state index in [1.807, 2.05) is 6.07 Å². The van der Waals surface area contributed by atoms with E-state index in [4.69, 9.17) is 0 Å². The molecule has 0 atom stereocenters. The van der Waals surface area contributed by atoms with Gasteiger partial charge in [0.25, 0.3) is 5.91 Å². The first-order chi connectivity index (χ1) is 12.6. The third kappa shape index (κ3) is 6.20. The lowest BCUT2D eigenvalue weighted by Crippen LogP contribution is -2.34. The smallest absolute Gasteiger partial charge is 0.253 e. The molecule has 7 nitrogen and oxygen atoms in total. The zero-order chi connectivity index (χ0) is 18.8. The summed E-state index contributed by atoms with van der Waals surface area (Å²) in [6.07, 6.45) is 4.58. The van der Waals surface area contributed by atoms with Crippen LogP contribution < -0.4 is 16.0 Å². The predicted molar refractivity (Wildman–Crippen MR) is 99.4 cm³/mol. The Kier molecular flexibility index (Phi) is 7.05. The fraction of sp³-hybridized carbons (Fsp3) is 0.158. The molecule has 7 heteroatoms. The van der Waals surface area contributed by atoms with Crippen LogP contribution in [-0.2, 0) is 9.59 Å². The molecule has 3 amide bonds. The summed E-state index contributed by atoms with van der Waals surface area (Å²) in [4.78, 5) is 39.3. The average molecular weight is 352 g/mol. The Morgan fingerprint density at radius 2 is 1.73 bits per heavy atom. The van der Waals surface area contributed by atoms with Gasteiger partial charge in [-0.15, -0.1) is 0 Å². The van der Waals surface area contributed by atoms with E-state index in [-0.39, 0.29) is 17.7 Å². The van der Waals surface area contributed by atoms with Crippen molar-refractivity contribution in [3.8, 4) is 0 Å². The SMILES string of the molecule is CC(=O)NCCNC(=O)c1ccccc1NC(=O)/C=C/c1ccccn1. The maximum Gasteiger partial charge on any atom is 0.253 e. The Morgan fingerprint density at radius 1 is 1.00 bits per heavy atom. The Bertz CT molecular complexity index is 803. The van der Waals surface area contributed by atoms with Crippen LogP contribution in [0.1, 0.15) is 23.0 Å². The summed E-state index contributed by atoms with van der Waals surface area (Å²) in [6, 6.07) is 12.1. The van der Waals surface area contributed by atoms with E-state index in [1.54, 1.807) is 48.7 Å². The van der Waals surface area contributed by atoms with E-state index in [1.165, 1.54) is 13.0 Å². The summed E-state index contributed by atoms with van der Waals surface area (Å²) in [7, 11) is 0. The standard InChI is InChI=1S/C19H20N4O3/c1-14(24)20-12-13-22-19(26)16-7-2-3-8-17(16)23-18(25)10-9-15-6-4-5-11-21-15/h2-11H,12-13H2,1H3,(H,20,24)(H,22,26)(H,23,25)/b10-9+. The van der Waals surface area contributed by atoms with Gasteiger partial charge in [-0.3, -0.25) is 19.4 Å². The number of nitrogens with zero attached hydrogens (tertiary/aromatic N) is 1. The Hall–Kier alpha value is -3.48. The number of rotatable bonds is 7. The molecule has 3 N–H and O–H groups in total. The second kappa shape index (κ2) is 9.73. The lowest BCUT2D eigenvalue weighted by atomic mass is 10.1. The number of pyridine rings is 1. The third-order valence-electron chi connectivity index (χ3n) is 3.31. The van der Waals surface area contributed by atoms with Crippen LogP contribution in [0.25, 0.3) is 6.08 Å². The lowest BCUT2D eigenvalue weighted by molar-refractivity contribution is -0.119. The molecule has 2 rings (SSSR count). The monoisotopic (exact) mass is 352 g/mol. The van der Waals surface area contributed by atoms with E-state index in [9.17, 15) is 14.4 Å². The Morgan fingerprint density at radius 3 is 2.46 bits per heavy atom. The summed E-state index contributed by atoms with van der Waals surface area (Å²) in [5.74, 6) is -0.860. The van der Waals surface area contributed by atoms with Crippen molar-refractivity contribution in [1.29, 1.82) is 0 Å². The van der Waals surface area contributed by atoms with Crippen LogP contribution >= 0.6 is 0 Å². The highest BCUT2D eigenvalue weighted by Crippen LogP contribution is 2.15. The van der Waals surface area contributed by atoms with Gasteiger partial charge in [0, 0.05) is 32.3 Å². The molecule has 0 saturated carbocycles. The minimum absolute atomic E-state index is 0.161. The van der Waals surface area contributed by atoms with Crippen LogP contribution in [0.3, 0.4) is 0 Å². The van der Waals surface area contributed by atoms with Crippen molar-refractivity contribution in [2.24, 2.45) is 0 Å². The molecule has 0 aliphatic carbocycles. The number of anilines is 1. The number of amides is 3. The minimum atomic E-state index is -0.367. The summed E-state index contributed by atoms with van der Waals surface area (Å²) in [5, 5.41) is 7.97. The largest absolute Gasteiger partial charge is 0.355 e. The highest BCUT2D eigenvalue weighted by atomic mass is 16.2. The number of para-hydroxylation sites is 1. The van der Waals surface area contributed by atoms with E-state index in [0.29, 0.717) is 30.0 Å². The number of carbonyl (C=O) groups excluding carboxylic acids is 3. The van der Waals surface area contributed by atoms with Crippen LogP contribution in [0.2, 0.25) is 0 Å². The molecule has 0 saturated heterocycles. The van der Waals surface area contributed by atoms with Gasteiger partial charge in [-0.1, -0.05) is 18.2 Å². The molecule has 0 fully saturated rings. The Balaban J connectivity index is 1.97. The minimum Gasteiger partial charge on any atom is -0.355 e. The normalized spacial score (nSPS) is 10.3. The van der Waals surface area contributed by atoms with Gasteiger partial charge in [0.05, 0.1) is 16.9 Å². The number of hydrogen-bond donors (Lipinski definition) is 3. The van der Waals surface area contributed by atoms with Gasteiger partial charge >= 0.3 is 0 Å². The summed E-state index contributed by atoms with van der Waals surface area (Å²) >= 11 is 0. The molecular weight excluding hydrogens is 332 g/mol. The average Bonchev–Trinajstić information content (AvgIpc) is 2.64. The first-order valence-corrected chi connectivity index (χ1v) is 8.08. The fourth-order valence-corrected chi connectivity index (χ4v) is 2.11. The molecule has 0 aliphatic rings. The van der Waals surface area contributed by atoms with Crippen LogP contribution in [0.5, 0.6) is 0 Å². The molecule has 1 heterocycles. The molecule has 134 valence electrons. The van der Waals surface area contributed by atoms with Crippen molar-refractivity contribution in [3.63, 3.8) is 0 Å². The van der Waals surface area contributed by atoms with Gasteiger partial charge in [-0.25, -0.2) is 0 Å². The quantitative estimate of drug-likeness (QED) is 0.520. The lowest BCUT2D eigenvalue weighted by Gasteiger charge is -2.10. The highest BCUT2D eigenvalue weighted by Gasteiger charge is 2.11. The van der Waals surface area contributed by atoms with Gasteiger partial charge in [-0.2, -0.15) is 0 Å². The summed E-state index contributed by atoms with van der Waals surface area (Å²) in [6.45, 7) is 2.04. The van der Waals surface area contributed by atoms with Gasteiger partial charge in [0.1, 0.15) is 0 Å². The van der Waals surface area contributed by atoms with Crippen molar-refractivity contribution in [3.05, 3.63) is 66.0 Å². The molecule has 0 radical (unpaired) electrons. The van der Waals surface area contributed by atoms with Crippen molar-refractivity contribution >= 4 is 29.5 Å². The van der Waals surface area contributed by atoms with E-state index >= 15 is 0 Å². The van der Waals surface area contributed by atoms with E-state index in [2.05, 4.69) is 20.9 Å². The maximum absolute atomic E-state index is 12.3. The van der Waals surface area contributed by atoms with Crippen molar-refractivity contribution < 1.29 is 14.4 Å². The molecule has 0 aliphatic heterocycles. The predicted octanol–water partition coefficient (Wildman–Crippen LogP) is 1.60. The number of nitrogens with one attached hydrogen (secondary N) is 3. The van der Waals surface area contributed by atoms with Crippen LogP contribution in [-0.4, -0.2) is 35.8 Å². The van der Waals surface area contributed by atoms with Gasteiger partial charge < -0.3 is 16.0 Å². The molecule has 0 spiro atoms. The second-order valence-corrected chi connectivity index (χ2v) is 5.36. The van der Waals surface area contributed by atoms with Crippen LogP contribution in [0.15, 0.2) is 54.7 Å². The number of carbonyl (C=O) groups is 3. The molecule has 0 unspecified atom stereocenters. The zero-order valence-corrected chi connectivity index (χ0v) is 14.4. The molecule has 1 aromatic carbocycles. The third-order valence-corrected chi connectivity index (χ3v) is 3.31. The van der Waals surface area contributed by atoms with Crippen LogP contribution in [0.4, 0.5) is 5.69 Å². The second-order valence-electron chi connectivity index (χ2n) is 5.36. The van der Waals surface area contributed by atoms with Gasteiger partial charge in [-0.05, 0) is 30.3 Å². The van der Waals surface area contributed by atoms with E-state index < -0.39 is 0 Å². The zero-order valence-electron chi connectivity index (χ0n) is 14.4. The van der Waals surface area contributed by atoms with Gasteiger partial charge in [0.15, 0.2) is 0 Å². The molecular formula is C19H20N4O3. The maximum atomic E-state index is 12.3. The number of aromatic nitrogens is 1. The van der Waals surface area contributed by atoms with Crippen molar-refractivity contribution in [2.75, 3.05) is 18.4 Å². The molecule has 0 bridgehead atoms. The first-order valence-electron chi connectivity index (χ1n) is 8.08. The van der Waals surface area contributed by atoms with Crippen molar-refractivity contribution in [1.82, 2.24) is 15.6 Å². The van der Waals surface area contributed by atoms with Gasteiger partial charge in [0.2, 0.25) is 11.8 Å². The highest BCUT2D eigenvalue weighted by molar-refractivity contribution is 6.07. The molecule has 1 aromatic heterocycles. The van der Waals surface area contributed by atoms with Crippen LogP contribution in [0, 0.1) is 0 Å². The van der Waals surface area contributed by atoms with Crippen molar-refractivity contribution in [2.45, 2.75) is 6.92 Å². The number of hydrogen-bond acceptors (Lipinski definition) is 4. The topological polar surface area (TPSA) is 100 Å². The number of benzene rings is 1. The first kappa shape index (κ1) is 18.9. The summed E-state index contributed by atoms with van der Waals surface area (Å²) < 4.78 is 0. The Labute approximate surface area is 151 Å². The van der Waals surface area contributed by atoms with E-state index in [0.717, 1.165) is 0 Å². The summed E-state index contributed by atoms with van der Waals surface area (Å²) in [5.41, 5.74) is 1.40. The fourth-order valence-electron chi connectivity index (χ4n) is 2.11. The molecule has 2 aromatic rings.